The van der Waals surface area contributed by atoms with Crippen molar-refractivity contribution in [3.8, 4) is 27.8 Å². The molecule has 8 heteroatoms. The maximum absolute atomic E-state index is 13.0. The van der Waals surface area contributed by atoms with Crippen molar-refractivity contribution in [3.05, 3.63) is 59.1 Å². The van der Waals surface area contributed by atoms with Gasteiger partial charge in [0.2, 0.25) is 5.91 Å². The van der Waals surface area contributed by atoms with E-state index in [0.29, 0.717) is 17.9 Å². The van der Waals surface area contributed by atoms with E-state index in [-0.39, 0.29) is 5.91 Å². The maximum Gasteiger partial charge on any atom is 0.228 e. The molecule has 1 saturated heterocycles. The first-order valence-electron chi connectivity index (χ1n) is 11.4. The van der Waals surface area contributed by atoms with Gasteiger partial charge in [-0.3, -0.25) is 9.69 Å². The fraction of sp³-hybridized carbons (Fsp3) is 0.385. The lowest BCUT2D eigenvalue weighted by atomic mass is 10.2. The van der Waals surface area contributed by atoms with Gasteiger partial charge in [0.05, 0.1) is 33.4 Å². The van der Waals surface area contributed by atoms with E-state index in [1.165, 1.54) is 16.9 Å². The van der Waals surface area contributed by atoms with Crippen LogP contribution in [0, 0.1) is 0 Å². The molecule has 1 aromatic heterocycles. The number of hydrogen-bond acceptors (Lipinski definition) is 7. The lowest BCUT2D eigenvalue weighted by Crippen LogP contribution is -2.36. The summed E-state index contributed by atoms with van der Waals surface area (Å²) < 4.78 is 16.0. The van der Waals surface area contributed by atoms with Crippen LogP contribution in [0.25, 0.3) is 10.6 Å². The monoisotopic (exact) mass is 481 g/mol. The number of amides is 1. The highest BCUT2D eigenvalue weighted by Gasteiger charge is 2.20. The molecule has 1 aliphatic rings. The molecule has 0 aliphatic carbocycles. The molecule has 0 saturated carbocycles. The molecule has 180 valence electrons. The molecule has 34 heavy (non-hydrogen) atoms. The number of thiazole rings is 1. The minimum Gasteiger partial charge on any atom is -0.497 e. The lowest BCUT2D eigenvalue weighted by Gasteiger charge is -2.22. The van der Waals surface area contributed by atoms with Crippen molar-refractivity contribution in [1.82, 2.24) is 14.8 Å². The van der Waals surface area contributed by atoms with Crippen molar-refractivity contribution < 1.29 is 19.0 Å². The second kappa shape index (κ2) is 11.4. The van der Waals surface area contributed by atoms with Crippen molar-refractivity contribution in [2.75, 3.05) is 47.5 Å². The van der Waals surface area contributed by atoms with Gasteiger partial charge >= 0.3 is 0 Å². The molecule has 0 radical (unpaired) electrons. The second-order valence-corrected chi connectivity index (χ2v) is 9.11. The number of carbonyl (C=O) groups is 1. The molecule has 0 spiro atoms. The highest BCUT2D eigenvalue weighted by molar-refractivity contribution is 7.13. The summed E-state index contributed by atoms with van der Waals surface area (Å²) in [5.74, 6) is 2.35. The van der Waals surface area contributed by atoms with Crippen LogP contribution in [0.5, 0.6) is 17.2 Å². The van der Waals surface area contributed by atoms with Crippen molar-refractivity contribution in [3.63, 3.8) is 0 Å². The zero-order valence-corrected chi connectivity index (χ0v) is 20.8. The van der Waals surface area contributed by atoms with Gasteiger partial charge in [-0.15, -0.1) is 11.3 Å². The molecular weight excluding hydrogens is 450 g/mol. The van der Waals surface area contributed by atoms with Gasteiger partial charge in [0.15, 0.2) is 11.5 Å². The molecule has 0 unspecified atom stereocenters. The van der Waals surface area contributed by atoms with Gasteiger partial charge < -0.3 is 19.1 Å². The predicted octanol–water partition coefficient (Wildman–Crippen LogP) is 4.11. The Kier molecular flexibility index (Phi) is 8.03. The minimum atomic E-state index is 0.135. The normalized spacial score (nSPS) is 14.5. The highest BCUT2D eigenvalue weighted by atomic mass is 32.1. The topological polar surface area (TPSA) is 64.1 Å². The quantitative estimate of drug-likeness (QED) is 0.483. The fourth-order valence-electron chi connectivity index (χ4n) is 4.12. The molecular formula is C26H31N3O4S. The summed E-state index contributed by atoms with van der Waals surface area (Å²) in [6, 6.07) is 13.9. The summed E-state index contributed by atoms with van der Waals surface area (Å²) in [5, 5.41) is 2.84. The zero-order valence-electron chi connectivity index (χ0n) is 20.0. The average molecular weight is 482 g/mol. The van der Waals surface area contributed by atoms with Crippen LogP contribution >= 0.6 is 11.3 Å². The maximum atomic E-state index is 13.0. The van der Waals surface area contributed by atoms with Crippen molar-refractivity contribution in [1.29, 1.82) is 0 Å². The van der Waals surface area contributed by atoms with Crippen LogP contribution in [-0.2, 0) is 17.8 Å². The summed E-state index contributed by atoms with van der Waals surface area (Å²) >= 11 is 1.54. The van der Waals surface area contributed by atoms with Gasteiger partial charge in [0, 0.05) is 43.7 Å². The Balaban J connectivity index is 1.33. The number of rotatable bonds is 8. The first-order chi connectivity index (χ1) is 16.6. The highest BCUT2D eigenvalue weighted by Crippen LogP contribution is 2.33. The number of ether oxygens (including phenoxy) is 3. The molecule has 0 bridgehead atoms. The Morgan fingerprint density at radius 2 is 1.74 bits per heavy atom. The number of methoxy groups -OCH3 is 3. The van der Waals surface area contributed by atoms with Gasteiger partial charge in [-0.1, -0.05) is 12.1 Å². The van der Waals surface area contributed by atoms with E-state index in [1.807, 2.05) is 40.6 Å². The lowest BCUT2D eigenvalue weighted by molar-refractivity contribution is -0.130. The van der Waals surface area contributed by atoms with E-state index in [2.05, 4.69) is 17.0 Å². The number of aromatic nitrogens is 1. The Labute approximate surface area is 204 Å². The van der Waals surface area contributed by atoms with Crippen LogP contribution in [0.1, 0.15) is 17.7 Å². The number of nitrogens with zero attached hydrogens (tertiary/aromatic N) is 3. The Morgan fingerprint density at radius 1 is 0.941 bits per heavy atom. The Morgan fingerprint density at radius 3 is 2.47 bits per heavy atom. The van der Waals surface area contributed by atoms with Crippen LogP contribution in [0.3, 0.4) is 0 Å². The van der Waals surface area contributed by atoms with Crippen molar-refractivity contribution in [2.45, 2.75) is 19.4 Å². The van der Waals surface area contributed by atoms with E-state index >= 15 is 0 Å². The van der Waals surface area contributed by atoms with Crippen LogP contribution in [0.2, 0.25) is 0 Å². The second-order valence-electron chi connectivity index (χ2n) is 8.25. The summed E-state index contributed by atoms with van der Waals surface area (Å²) in [7, 11) is 4.91. The smallest absolute Gasteiger partial charge is 0.228 e. The third-order valence-electron chi connectivity index (χ3n) is 6.02. The standard InChI is InChI=1S/C26H31N3O4S/c1-31-22-8-5-19(6-9-22)17-28-11-4-12-29(14-13-28)25(30)16-21-18-34-26(27-21)20-7-10-23(32-2)24(15-20)33-3/h5-10,15,18H,4,11-14,16-17H2,1-3H3. The van der Waals surface area contributed by atoms with Crippen LogP contribution in [-0.4, -0.2) is 68.2 Å². The van der Waals surface area contributed by atoms with Gasteiger partial charge in [-0.05, 0) is 42.3 Å². The first-order valence-corrected chi connectivity index (χ1v) is 12.3. The molecule has 0 N–H and O–H groups in total. The van der Waals surface area contributed by atoms with Gasteiger partial charge in [0.25, 0.3) is 0 Å². The number of benzene rings is 2. The molecule has 1 amide bonds. The molecule has 2 aromatic carbocycles. The van der Waals surface area contributed by atoms with Gasteiger partial charge in [0.1, 0.15) is 10.8 Å². The number of carbonyl (C=O) groups excluding carboxylic acids is 1. The molecule has 4 rings (SSSR count). The minimum absolute atomic E-state index is 0.135. The Hall–Kier alpha value is -3.10. The zero-order chi connectivity index (χ0) is 23.9. The van der Waals surface area contributed by atoms with E-state index in [0.717, 1.165) is 61.2 Å². The predicted molar refractivity (Wildman–Crippen MR) is 134 cm³/mol. The van der Waals surface area contributed by atoms with Crippen molar-refractivity contribution >= 4 is 17.2 Å². The van der Waals surface area contributed by atoms with E-state index < -0.39 is 0 Å². The Bertz CT molecular complexity index is 1100. The molecule has 0 atom stereocenters. The molecule has 7 nitrogen and oxygen atoms in total. The van der Waals surface area contributed by atoms with E-state index in [4.69, 9.17) is 19.2 Å². The fourth-order valence-corrected chi connectivity index (χ4v) is 4.94. The molecule has 2 heterocycles. The summed E-state index contributed by atoms with van der Waals surface area (Å²) in [5.41, 5.74) is 3.01. The van der Waals surface area contributed by atoms with E-state index in [9.17, 15) is 4.79 Å². The van der Waals surface area contributed by atoms with E-state index in [1.54, 1.807) is 21.3 Å². The summed E-state index contributed by atoms with van der Waals surface area (Å²) in [4.78, 5) is 22.1. The first kappa shape index (κ1) is 24.0. The van der Waals surface area contributed by atoms with Crippen LogP contribution in [0.4, 0.5) is 0 Å². The van der Waals surface area contributed by atoms with Crippen molar-refractivity contribution in [2.24, 2.45) is 0 Å². The summed E-state index contributed by atoms with van der Waals surface area (Å²) in [6.07, 6.45) is 1.29. The molecule has 1 aliphatic heterocycles. The third-order valence-corrected chi connectivity index (χ3v) is 6.96. The van der Waals surface area contributed by atoms with Crippen LogP contribution in [0.15, 0.2) is 47.8 Å². The summed E-state index contributed by atoms with van der Waals surface area (Å²) in [6.45, 7) is 4.25. The van der Waals surface area contributed by atoms with Gasteiger partial charge in [-0.2, -0.15) is 0 Å². The third kappa shape index (κ3) is 5.87. The molecule has 1 fully saturated rings. The SMILES string of the molecule is COc1ccc(CN2CCCN(C(=O)Cc3csc(-c4ccc(OC)c(OC)c4)n3)CC2)cc1. The number of hydrogen-bond donors (Lipinski definition) is 0. The largest absolute Gasteiger partial charge is 0.497 e. The van der Waals surface area contributed by atoms with Crippen LogP contribution < -0.4 is 14.2 Å². The van der Waals surface area contributed by atoms with Gasteiger partial charge in [-0.25, -0.2) is 4.98 Å². The average Bonchev–Trinajstić information content (AvgIpc) is 3.21. The molecule has 3 aromatic rings.